The molecule has 1 aromatic carbocycles. The van der Waals surface area contributed by atoms with Crippen LogP contribution in [0.25, 0.3) is 0 Å². The summed E-state index contributed by atoms with van der Waals surface area (Å²) in [4.78, 5) is 13.1. The first-order chi connectivity index (χ1) is 10.2. The molecule has 2 fully saturated rings. The number of ether oxygens (including phenoxy) is 1. The number of nitro benzene ring substituents is 1. The molecule has 0 saturated carbocycles. The Hall–Kier alpha value is -1.82. The van der Waals surface area contributed by atoms with Gasteiger partial charge < -0.3 is 15.0 Å². The minimum absolute atomic E-state index is 0.0941. The third-order valence-corrected chi connectivity index (χ3v) is 4.57. The summed E-state index contributed by atoms with van der Waals surface area (Å²) in [7, 11) is 1.59. The lowest BCUT2D eigenvalue weighted by molar-refractivity contribution is -0.384. The van der Waals surface area contributed by atoms with E-state index < -0.39 is 0 Å². The first-order valence-electron chi connectivity index (χ1n) is 7.50. The smallest absolute Gasteiger partial charge is 0.271 e. The minimum Gasteiger partial charge on any atom is -0.495 e. The van der Waals surface area contributed by atoms with E-state index in [-0.39, 0.29) is 10.6 Å². The number of rotatable bonds is 4. The van der Waals surface area contributed by atoms with Crippen LogP contribution in [0, 0.1) is 10.1 Å². The molecule has 3 rings (SSSR count). The van der Waals surface area contributed by atoms with Crippen molar-refractivity contribution in [2.75, 3.05) is 25.5 Å². The van der Waals surface area contributed by atoms with Crippen LogP contribution in [0.2, 0.25) is 0 Å². The number of methoxy groups -OCH3 is 1. The Morgan fingerprint density at radius 2 is 2.24 bits per heavy atom. The number of hydrogen-bond acceptors (Lipinski definition) is 5. The minimum atomic E-state index is -0.371. The average molecular weight is 291 g/mol. The molecule has 2 heterocycles. The number of nitrogens with one attached hydrogen (secondary N) is 1. The summed E-state index contributed by atoms with van der Waals surface area (Å²) in [6, 6.07) is 5.73. The Bertz CT molecular complexity index is 535. The standard InChI is InChI=1S/C15H21N3O3/c1-21-15-5-4-13(18(19)20)10-14(15)16-11-6-8-17-7-2-3-12(17)9-11/h4-5,10-12,16H,2-3,6-9H2,1H3. The summed E-state index contributed by atoms with van der Waals surface area (Å²) in [5, 5.41) is 14.4. The second-order valence-corrected chi connectivity index (χ2v) is 5.84. The molecule has 6 heteroatoms. The number of nitrogens with zero attached hydrogens (tertiary/aromatic N) is 2. The van der Waals surface area contributed by atoms with Crippen molar-refractivity contribution in [3.63, 3.8) is 0 Å². The molecule has 6 nitrogen and oxygen atoms in total. The van der Waals surface area contributed by atoms with Crippen LogP contribution in [-0.2, 0) is 0 Å². The lowest BCUT2D eigenvalue weighted by Crippen LogP contribution is -2.42. The van der Waals surface area contributed by atoms with Gasteiger partial charge >= 0.3 is 0 Å². The zero-order valence-electron chi connectivity index (χ0n) is 12.2. The fourth-order valence-corrected chi connectivity index (χ4v) is 3.50. The maximum absolute atomic E-state index is 10.9. The van der Waals surface area contributed by atoms with Gasteiger partial charge in [0.15, 0.2) is 0 Å². The van der Waals surface area contributed by atoms with Crippen LogP contribution < -0.4 is 10.1 Å². The monoisotopic (exact) mass is 291 g/mol. The van der Waals surface area contributed by atoms with E-state index in [0.29, 0.717) is 17.8 Å². The number of non-ortho nitro benzene ring substituents is 1. The van der Waals surface area contributed by atoms with Gasteiger partial charge in [0.25, 0.3) is 5.69 Å². The highest BCUT2D eigenvalue weighted by Gasteiger charge is 2.32. The van der Waals surface area contributed by atoms with E-state index in [1.165, 1.54) is 25.5 Å². The quantitative estimate of drug-likeness (QED) is 0.682. The first-order valence-corrected chi connectivity index (χ1v) is 7.50. The molecule has 2 unspecified atom stereocenters. The summed E-state index contributed by atoms with van der Waals surface area (Å²) in [5.41, 5.74) is 0.819. The first kappa shape index (κ1) is 14.1. The van der Waals surface area contributed by atoms with Crippen molar-refractivity contribution < 1.29 is 9.66 Å². The summed E-state index contributed by atoms with van der Waals surface area (Å²) < 4.78 is 5.31. The van der Waals surface area contributed by atoms with Crippen molar-refractivity contribution in [2.24, 2.45) is 0 Å². The van der Waals surface area contributed by atoms with E-state index in [0.717, 1.165) is 25.1 Å². The number of fused-ring (bicyclic) bond motifs is 1. The summed E-state index contributed by atoms with van der Waals surface area (Å²) in [6.45, 7) is 2.33. The maximum Gasteiger partial charge on any atom is 0.271 e. The molecule has 2 atom stereocenters. The van der Waals surface area contributed by atoms with Gasteiger partial charge in [0.05, 0.1) is 17.7 Å². The number of nitro groups is 1. The van der Waals surface area contributed by atoms with Gasteiger partial charge in [-0.1, -0.05) is 0 Å². The summed E-state index contributed by atoms with van der Waals surface area (Å²) in [5.74, 6) is 0.662. The normalized spacial score (nSPS) is 25.4. The fourth-order valence-electron chi connectivity index (χ4n) is 3.50. The molecule has 21 heavy (non-hydrogen) atoms. The third kappa shape index (κ3) is 2.95. The van der Waals surface area contributed by atoms with Crippen LogP contribution in [0.15, 0.2) is 18.2 Å². The Morgan fingerprint density at radius 1 is 1.38 bits per heavy atom. The van der Waals surface area contributed by atoms with Crippen molar-refractivity contribution in [1.29, 1.82) is 0 Å². The van der Waals surface area contributed by atoms with Gasteiger partial charge in [-0.05, 0) is 38.3 Å². The maximum atomic E-state index is 10.9. The van der Waals surface area contributed by atoms with E-state index in [1.807, 2.05) is 0 Å². The van der Waals surface area contributed by atoms with Crippen molar-refractivity contribution >= 4 is 11.4 Å². The van der Waals surface area contributed by atoms with Crippen LogP contribution in [0.3, 0.4) is 0 Å². The second-order valence-electron chi connectivity index (χ2n) is 5.84. The van der Waals surface area contributed by atoms with Crippen LogP contribution in [0.5, 0.6) is 5.75 Å². The molecule has 0 aromatic heterocycles. The van der Waals surface area contributed by atoms with E-state index in [4.69, 9.17) is 4.74 Å². The highest BCUT2D eigenvalue weighted by Crippen LogP contribution is 2.33. The molecule has 1 N–H and O–H groups in total. The third-order valence-electron chi connectivity index (χ3n) is 4.57. The summed E-state index contributed by atoms with van der Waals surface area (Å²) in [6.07, 6.45) is 4.73. The number of hydrogen-bond donors (Lipinski definition) is 1. The lowest BCUT2D eigenvalue weighted by atomic mass is 9.97. The van der Waals surface area contributed by atoms with Crippen molar-refractivity contribution in [3.05, 3.63) is 28.3 Å². The van der Waals surface area contributed by atoms with Gasteiger partial charge in [-0.3, -0.25) is 10.1 Å². The van der Waals surface area contributed by atoms with Gasteiger partial charge in [0.2, 0.25) is 0 Å². The van der Waals surface area contributed by atoms with Gasteiger partial charge in [-0.15, -0.1) is 0 Å². The molecular formula is C15H21N3O3. The molecule has 114 valence electrons. The Balaban J connectivity index is 1.74. The molecule has 0 aliphatic carbocycles. The molecule has 2 aliphatic heterocycles. The predicted octanol–water partition coefficient (Wildman–Crippen LogP) is 2.64. The molecular weight excluding hydrogens is 270 g/mol. The molecule has 0 radical (unpaired) electrons. The van der Waals surface area contributed by atoms with Gasteiger partial charge in [0, 0.05) is 30.8 Å². The van der Waals surface area contributed by atoms with Crippen LogP contribution in [0.1, 0.15) is 25.7 Å². The highest BCUT2D eigenvalue weighted by atomic mass is 16.6. The number of benzene rings is 1. The van der Waals surface area contributed by atoms with E-state index in [1.54, 1.807) is 19.2 Å². The zero-order valence-corrected chi connectivity index (χ0v) is 12.2. The van der Waals surface area contributed by atoms with E-state index in [2.05, 4.69) is 10.2 Å². The second kappa shape index (κ2) is 5.89. The molecule has 2 saturated heterocycles. The average Bonchev–Trinajstić information content (AvgIpc) is 2.94. The molecule has 0 bridgehead atoms. The number of anilines is 1. The Morgan fingerprint density at radius 3 is 3.00 bits per heavy atom. The Kier molecular flexibility index (Phi) is 3.96. The fraction of sp³-hybridized carbons (Fsp3) is 0.600. The SMILES string of the molecule is COc1ccc([N+](=O)[O-])cc1NC1CCN2CCCC2C1. The number of piperidine rings is 1. The van der Waals surface area contributed by atoms with Crippen molar-refractivity contribution in [1.82, 2.24) is 4.90 Å². The molecule has 1 aromatic rings. The Labute approximate surface area is 124 Å². The van der Waals surface area contributed by atoms with Crippen LogP contribution in [-0.4, -0.2) is 42.1 Å². The van der Waals surface area contributed by atoms with Crippen LogP contribution in [0.4, 0.5) is 11.4 Å². The largest absolute Gasteiger partial charge is 0.495 e. The molecule has 2 aliphatic rings. The van der Waals surface area contributed by atoms with Gasteiger partial charge in [-0.25, -0.2) is 0 Å². The van der Waals surface area contributed by atoms with Crippen molar-refractivity contribution in [2.45, 2.75) is 37.8 Å². The molecule has 0 spiro atoms. The zero-order chi connectivity index (χ0) is 14.8. The lowest BCUT2D eigenvalue weighted by Gasteiger charge is -2.35. The van der Waals surface area contributed by atoms with Gasteiger partial charge in [0.1, 0.15) is 5.75 Å². The van der Waals surface area contributed by atoms with E-state index in [9.17, 15) is 10.1 Å². The van der Waals surface area contributed by atoms with Gasteiger partial charge in [-0.2, -0.15) is 0 Å². The van der Waals surface area contributed by atoms with E-state index >= 15 is 0 Å². The van der Waals surface area contributed by atoms with Crippen molar-refractivity contribution in [3.8, 4) is 5.75 Å². The summed E-state index contributed by atoms with van der Waals surface area (Å²) >= 11 is 0. The molecule has 0 amide bonds. The topological polar surface area (TPSA) is 67.6 Å². The van der Waals surface area contributed by atoms with Crippen LogP contribution >= 0.6 is 0 Å². The predicted molar refractivity (Wildman–Crippen MR) is 80.9 cm³/mol. The highest BCUT2D eigenvalue weighted by molar-refractivity contribution is 5.62.